The van der Waals surface area contributed by atoms with Gasteiger partial charge in [0.25, 0.3) is 0 Å². The monoisotopic (exact) mass is 416 g/mol. The van der Waals surface area contributed by atoms with Crippen LogP contribution in [0.25, 0.3) is 0 Å². The van der Waals surface area contributed by atoms with Gasteiger partial charge >= 0.3 is 0 Å². The van der Waals surface area contributed by atoms with Crippen molar-refractivity contribution in [2.24, 2.45) is 11.7 Å². The van der Waals surface area contributed by atoms with Crippen LogP contribution in [-0.2, 0) is 16.1 Å². The molecule has 7 nitrogen and oxygen atoms in total. The lowest BCUT2D eigenvalue weighted by molar-refractivity contribution is -0.136. The molecule has 3 rings (SSSR count). The third kappa shape index (κ3) is 5.58. The molecule has 2 atom stereocenters. The highest BCUT2D eigenvalue weighted by atomic mass is 19.1. The van der Waals surface area contributed by atoms with E-state index in [0.717, 1.165) is 5.82 Å². The first-order valence-corrected chi connectivity index (χ1v) is 10.3. The number of ether oxygens (including phenoxy) is 1. The average molecular weight is 416 g/mol. The van der Waals surface area contributed by atoms with Crippen molar-refractivity contribution in [3.63, 3.8) is 0 Å². The van der Waals surface area contributed by atoms with Crippen molar-refractivity contribution in [1.82, 2.24) is 14.5 Å². The molecular weight excluding hydrogens is 387 g/mol. The molecule has 162 valence electrons. The topological polar surface area (TPSA) is 90.4 Å². The highest BCUT2D eigenvalue weighted by molar-refractivity contribution is 5.77. The van der Waals surface area contributed by atoms with E-state index in [0.29, 0.717) is 38.2 Å². The first kappa shape index (κ1) is 21.8. The van der Waals surface area contributed by atoms with Crippen LogP contribution >= 0.6 is 0 Å². The van der Waals surface area contributed by atoms with Crippen molar-refractivity contribution in [1.29, 1.82) is 0 Å². The van der Waals surface area contributed by atoms with E-state index in [-0.39, 0.29) is 36.1 Å². The van der Waals surface area contributed by atoms with Gasteiger partial charge in [-0.05, 0) is 24.3 Å². The zero-order chi connectivity index (χ0) is 21.7. The molecule has 1 fully saturated rings. The molecule has 1 aliphatic rings. The number of benzene rings is 1. The van der Waals surface area contributed by atoms with E-state index in [2.05, 4.69) is 18.8 Å². The first-order valence-electron chi connectivity index (χ1n) is 10.3. The fourth-order valence-electron chi connectivity index (χ4n) is 3.92. The Labute approximate surface area is 176 Å². The Morgan fingerprint density at radius 3 is 2.70 bits per heavy atom. The molecule has 2 N–H and O–H groups in total. The fourth-order valence-corrected chi connectivity index (χ4v) is 3.92. The molecule has 0 unspecified atom stereocenters. The van der Waals surface area contributed by atoms with Crippen LogP contribution in [0.1, 0.15) is 44.9 Å². The molecule has 0 bridgehead atoms. The molecule has 0 saturated carbocycles. The number of aromatic nitrogens is 2. The van der Waals surface area contributed by atoms with E-state index >= 15 is 0 Å². The van der Waals surface area contributed by atoms with Crippen LogP contribution in [0.5, 0.6) is 5.75 Å². The van der Waals surface area contributed by atoms with Crippen LogP contribution in [0.4, 0.5) is 4.39 Å². The number of nitrogens with two attached hydrogens (primary N) is 1. The van der Waals surface area contributed by atoms with Crippen molar-refractivity contribution in [2.45, 2.75) is 51.7 Å². The summed E-state index contributed by atoms with van der Waals surface area (Å²) in [6, 6.07) is 5.79. The second kappa shape index (κ2) is 9.73. The number of carbonyl (C=O) groups excluding carboxylic acids is 2. The molecule has 2 amide bonds. The van der Waals surface area contributed by atoms with Gasteiger partial charge in [0.2, 0.25) is 11.8 Å². The predicted molar refractivity (Wildman–Crippen MR) is 110 cm³/mol. The van der Waals surface area contributed by atoms with E-state index in [4.69, 9.17) is 10.5 Å². The van der Waals surface area contributed by atoms with Gasteiger partial charge in [0.05, 0.1) is 0 Å². The Morgan fingerprint density at radius 2 is 2.03 bits per heavy atom. The lowest BCUT2D eigenvalue weighted by atomic mass is 9.91. The Hall–Kier alpha value is -2.90. The van der Waals surface area contributed by atoms with Gasteiger partial charge in [0, 0.05) is 63.1 Å². The molecule has 1 aromatic heterocycles. The number of amides is 2. The number of hydrogen-bond donors (Lipinski definition) is 1. The fraction of sp³-hybridized carbons (Fsp3) is 0.500. The van der Waals surface area contributed by atoms with Crippen LogP contribution in [0, 0.1) is 11.7 Å². The Kier molecular flexibility index (Phi) is 7.07. The summed E-state index contributed by atoms with van der Waals surface area (Å²) in [6.45, 7) is 5.66. The summed E-state index contributed by atoms with van der Waals surface area (Å²) < 4.78 is 21.1. The van der Waals surface area contributed by atoms with E-state index in [1.807, 2.05) is 10.8 Å². The second-order valence-corrected chi connectivity index (χ2v) is 8.05. The minimum absolute atomic E-state index is 0.0353. The van der Waals surface area contributed by atoms with Crippen LogP contribution in [0.15, 0.2) is 36.7 Å². The molecule has 2 aromatic rings. The van der Waals surface area contributed by atoms with Gasteiger partial charge in [-0.1, -0.05) is 13.8 Å². The minimum atomic E-state index is -0.429. The molecule has 1 saturated heterocycles. The summed E-state index contributed by atoms with van der Waals surface area (Å²) in [5.74, 6) is 0.849. The Morgan fingerprint density at radius 1 is 1.30 bits per heavy atom. The third-order valence-electron chi connectivity index (χ3n) is 5.41. The summed E-state index contributed by atoms with van der Waals surface area (Å²) >= 11 is 0. The normalized spacial score (nSPS) is 19.1. The lowest BCUT2D eigenvalue weighted by Gasteiger charge is -2.38. The molecule has 0 radical (unpaired) electrons. The van der Waals surface area contributed by atoms with Crippen molar-refractivity contribution in [3.05, 3.63) is 48.3 Å². The zero-order valence-electron chi connectivity index (χ0n) is 17.5. The van der Waals surface area contributed by atoms with E-state index in [1.54, 1.807) is 23.2 Å². The molecule has 2 heterocycles. The van der Waals surface area contributed by atoms with E-state index in [1.165, 1.54) is 12.1 Å². The van der Waals surface area contributed by atoms with Crippen molar-refractivity contribution in [2.75, 3.05) is 13.1 Å². The van der Waals surface area contributed by atoms with Crippen LogP contribution in [-0.4, -0.2) is 45.5 Å². The maximum absolute atomic E-state index is 13.1. The number of aryl methyl sites for hydroxylation is 1. The number of halogens is 1. The SMILES string of the molecule is CC(C)c1nccn1CCC(=O)N1CC[C@H](Oc2ccc(F)cc2)[C@@H](CC(N)=O)C1. The van der Waals surface area contributed by atoms with Crippen molar-refractivity contribution < 1.29 is 18.7 Å². The summed E-state index contributed by atoms with van der Waals surface area (Å²) in [5.41, 5.74) is 5.43. The highest BCUT2D eigenvalue weighted by Gasteiger charge is 2.33. The molecular formula is C22H29FN4O3. The zero-order valence-corrected chi connectivity index (χ0v) is 17.5. The average Bonchev–Trinajstić information content (AvgIpc) is 3.17. The molecule has 1 aliphatic heterocycles. The molecule has 1 aromatic carbocycles. The Balaban J connectivity index is 1.60. The summed E-state index contributed by atoms with van der Waals surface area (Å²) in [6.07, 6.45) is 4.47. The van der Waals surface area contributed by atoms with Gasteiger partial charge in [0.15, 0.2) is 0 Å². The largest absolute Gasteiger partial charge is 0.490 e. The van der Waals surface area contributed by atoms with E-state index in [9.17, 15) is 14.0 Å². The number of rotatable bonds is 8. The number of piperidine rings is 1. The maximum Gasteiger partial charge on any atom is 0.224 e. The second-order valence-electron chi connectivity index (χ2n) is 8.05. The van der Waals surface area contributed by atoms with Crippen molar-refractivity contribution >= 4 is 11.8 Å². The van der Waals surface area contributed by atoms with Crippen LogP contribution < -0.4 is 10.5 Å². The molecule has 0 spiro atoms. The number of hydrogen-bond acceptors (Lipinski definition) is 4. The van der Waals surface area contributed by atoms with Gasteiger partial charge in [0.1, 0.15) is 23.5 Å². The third-order valence-corrected chi connectivity index (χ3v) is 5.41. The minimum Gasteiger partial charge on any atom is -0.490 e. The van der Waals surface area contributed by atoms with E-state index < -0.39 is 5.91 Å². The lowest BCUT2D eigenvalue weighted by Crippen LogP contribution is -2.49. The molecule has 30 heavy (non-hydrogen) atoms. The van der Waals surface area contributed by atoms with Gasteiger partial charge in [-0.2, -0.15) is 0 Å². The number of likely N-dealkylation sites (tertiary alicyclic amines) is 1. The highest BCUT2D eigenvalue weighted by Crippen LogP contribution is 2.26. The maximum atomic E-state index is 13.1. The quantitative estimate of drug-likeness (QED) is 0.716. The van der Waals surface area contributed by atoms with Gasteiger partial charge in [-0.15, -0.1) is 0 Å². The number of primary amides is 1. The number of nitrogens with zero attached hydrogens (tertiary/aromatic N) is 3. The van der Waals surface area contributed by atoms with Gasteiger partial charge in [-0.25, -0.2) is 9.37 Å². The number of imidazole rings is 1. The summed E-state index contributed by atoms with van der Waals surface area (Å²) in [7, 11) is 0. The predicted octanol–water partition coefficient (Wildman–Crippen LogP) is 2.71. The number of carbonyl (C=O) groups is 2. The smallest absolute Gasteiger partial charge is 0.224 e. The first-order chi connectivity index (χ1) is 14.3. The molecule has 8 heteroatoms. The summed E-state index contributed by atoms with van der Waals surface area (Å²) in [4.78, 5) is 30.5. The van der Waals surface area contributed by atoms with Gasteiger partial charge in [-0.3, -0.25) is 9.59 Å². The molecule has 0 aliphatic carbocycles. The van der Waals surface area contributed by atoms with Gasteiger partial charge < -0.3 is 19.9 Å². The Bertz CT molecular complexity index is 866. The van der Waals surface area contributed by atoms with Crippen molar-refractivity contribution in [3.8, 4) is 5.75 Å². The van der Waals surface area contributed by atoms with Crippen LogP contribution in [0.2, 0.25) is 0 Å². The van der Waals surface area contributed by atoms with Crippen LogP contribution in [0.3, 0.4) is 0 Å². The summed E-state index contributed by atoms with van der Waals surface area (Å²) in [5, 5.41) is 0. The standard InChI is InChI=1S/C22H29FN4O3/c1-15(2)22-25-9-12-26(22)11-8-21(29)27-10-7-19(16(14-27)13-20(24)28)30-18-5-3-17(23)4-6-18/h3-6,9,12,15-16,19H,7-8,10-11,13-14H2,1-2H3,(H2,24,28)/t16-,19-/m0/s1.